The molecule has 0 aliphatic carbocycles. The molecule has 1 amide bonds. The molecule has 1 heterocycles. The Morgan fingerprint density at radius 2 is 2.04 bits per heavy atom. The molecular weight excluding hydrogens is 378 g/mol. The van der Waals surface area contributed by atoms with Crippen molar-refractivity contribution in [1.29, 1.82) is 0 Å². The van der Waals surface area contributed by atoms with Gasteiger partial charge in [-0.25, -0.2) is 13.4 Å². The lowest BCUT2D eigenvalue weighted by molar-refractivity contribution is -0.384. The number of sulfone groups is 1. The van der Waals surface area contributed by atoms with Crippen LogP contribution in [0.2, 0.25) is 0 Å². The van der Waals surface area contributed by atoms with Gasteiger partial charge in [0.25, 0.3) is 11.6 Å². The topological polar surface area (TPSA) is 119 Å². The fourth-order valence-electron chi connectivity index (χ4n) is 2.25. The molecule has 0 radical (unpaired) electrons. The Hall–Kier alpha value is -2.85. The van der Waals surface area contributed by atoms with Crippen molar-refractivity contribution in [3.63, 3.8) is 0 Å². The number of fused-ring (bicyclic) bond motifs is 1. The first kappa shape index (κ1) is 18.0. The van der Waals surface area contributed by atoms with E-state index in [0.717, 1.165) is 0 Å². The van der Waals surface area contributed by atoms with Crippen LogP contribution in [0.5, 0.6) is 0 Å². The molecule has 134 valence electrons. The molecule has 0 aliphatic heterocycles. The monoisotopic (exact) mass is 391 g/mol. The smallest absolute Gasteiger partial charge is 0.271 e. The quantitative estimate of drug-likeness (QED) is 0.527. The van der Waals surface area contributed by atoms with Gasteiger partial charge in [0.2, 0.25) is 0 Å². The van der Waals surface area contributed by atoms with E-state index >= 15 is 0 Å². The number of amides is 1. The molecule has 3 rings (SSSR count). The van der Waals surface area contributed by atoms with Crippen LogP contribution in [0.1, 0.15) is 17.3 Å². The van der Waals surface area contributed by atoms with Gasteiger partial charge in [-0.15, -0.1) is 0 Å². The van der Waals surface area contributed by atoms with E-state index in [9.17, 15) is 23.3 Å². The van der Waals surface area contributed by atoms with Crippen molar-refractivity contribution in [1.82, 2.24) is 4.98 Å². The van der Waals surface area contributed by atoms with Gasteiger partial charge in [-0.3, -0.25) is 20.2 Å². The molecule has 0 saturated carbocycles. The van der Waals surface area contributed by atoms with Crippen molar-refractivity contribution in [3.05, 3.63) is 58.1 Å². The molecule has 0 aliphatic rings. The van der Waals surface area contributed by atoms with Gasteiger partial charge in [-0.2, -0.15) is 0 Å². The molecule has 0 spiro atoms. The Morgan fingerprint density at radius 3 is 2.73 bits per heavy atom. The maximum Gasteiger partial charge on any atom is 0.271 e. The summed E-state index contributed by atoms with van der Waals surface area (Å²) in [4.78, 5) is 26.9. The van der Waals surface area contributed by atoms with Crippen molar-refractivity contribution >= 4 is 48.1 Å². The van der Waals surface area contributed by atoms with Gasteiger partial charge in [-0.1, -0.05) is 24.3 Å². The molecule has 10 heteroatoms. The van der Waals surface area contributed by atoms with Crippen molar-refractivity contribution in [2.45, 2.75) is 11.8 Å². The zero-order valence-electron chi connectivity index (χ0n) is 13.5. The number of nitro benzene ring substituents is 1. The van der Waals surface area contributed by atoms with Crippen LogP contribution in [0.15, 0.2) is 47.4 Å². The maximum absolute atomic E-state index is 12.4. The molecule has 0 saturated heterocycles. The second kappa shape index (κ2) is 6.81. The minimum atomic E-state index is -3.42. The number of carbonyl (C=O) groups excluding carboxylic acids is 1. The molecule has 0 fully saturated rings. The van der Waals surface area contributed by atoms with Gasteiger partial charge in [-0.05, 0) is 24.3 Å². The molecule has 0 atom stereocenters. The number of non-ortho nitro benzene ring substituents is 1. The summed E-state index contributed by atoms with van der Waals surface area (Å²) in [7, 11) is -3.42. The van der Waals surface area contributed by atoms with E-state index < -0.39 is 20.7 Å². The summed E-state index contributed by atoms with van der Waals surface area (Å²) in [5.41, 5.74) is 0.504. The molecule has 1 aromatic heterocycles. The van der Waals surface area contributed by atoms with Gasteiger partial charge >= 0.3 is 0 Å². The number of carbonyl (C=O) groups is 1. The number of rotatable bonds is 5. The second-order valence-corrected chi connectivity index (χ2v) is 8.62. The average molecular weight is 391 g/mol. The zero-order chi connectivity index (χ0) is 18.9. The van der Waals surface area contributed by atoms with Gasteiger partial charge in [0.1, 0.15) is 0 Å². The molecule has 26 heavy (non-hydrogen) atoms. The first-order valence-electron chi connectivity index (χ1n) is 7.49. The van der Waals surface area contributed by atoms with E-state index in [-0.39, 0.29) is 27.0 Å². The number of hydrogen-bond acceptors (Lipinski definition) is 7. The normalized spacial score (nSPS) is 11.4. The van der Waals surface area contributed by atoms with Crippen LogP contribution in [0.3, 0.4) is 0 Å². The van der Waals surface area contributed by atoms with Crippen molar-refractivity contribution in [2.24, 2.45) is 0 Å². The lowest BCUT2D eigenvalue weighted by Gasteiger charge is -2.05. The summed E-state index contributed by atoms with van der Waals surface area (Å²) >= 11 is 1.17. The predicted octanol–water partition coefficient (Wildman–Crippen LogP) is 3.25. The first-order valence-corrected chi connectivity index (χ1v) is 9.96. The summed E-state index contributed by atoms with van der Waals surface area (Å²) in [5, 5.41) is 13.7. The van der Waals surface area contributed by atoms with Gasteiger partial charge in [0, 0.05) is 17.7 Å². The number of nitrogens with zero attached hydrogens (tertiary/aromatic N) is 2. The van der Waals surface area contributed by atoms with Crippen molar-refractivity contribution < 1.29 is 18.1 Å². The third-order valence-corrected chi connectivity index (χ3v) is 6.32. The Labute approximate surface area is 152 Å². The molecule has 0 unspecified atom stereocenters. The number of nitrogens with one attached hydrogen (secondary N) is 1. The van der Waals surface area contributed by atoms with Crippen LogP contribution in [0.4, 0.5) is 10.8 Å². The van der Waals surface area contributed by atoms with Crippen molar-refractivity contribution in [3.8, 4) is 0 Å². The standard InChI is InChI=1S/C16H13N3O5S2/c1-2-26(23,24)12-5-3-4-10(8-12)15(20)18-16-17-13-9-11(19(21)22)6-7-14(13)25-16/h3-9H,2H2,1H3,(H,17,18,20). The zero-order valence-corrected chi connectivity index (χ0v) is 15.1. The first-order chi connectivity index (χ1) is 12.3. The molecule has 0 bridgehead atoms. The summed E-state index contributed by atoms with van der Waals surface area (Å²) in [6.07, 6.45) is 0. The highest BCUT2D eigenvalue weighted by Crippen LogP contribution is 2.29. The fraction of sp³-hybridized carbons (Fsp3) is 0.125. The number of benzene rings is 2. The lowest BCUT2D eigenvalue weighted by Crippen LogP contribution is -2.13. The Balaban J connectivity index is 1.87. The summed E-state index contributed by atoms with van der Waals surface area (Å²) < 4.78 is 24.6. The van der Waals surface area contributed by atoms with E-state index in [4.69, 9.17) is 0 Å². The minimum Gasteiger partial charge on any atom is -0.298 e. The van der Waals surface area contributed by atoms with Crippen LogP contribution in [0, 0.1) is 10.1 Å². The van der Waals surface area contributed by atoms with Crippen LogP contribution in [-0.2, 0) is 9.84 Å². The number of nitro groups is 1. The van der Waals surface area contributed by atoms with Crippen LogP contribution in [-0.4, -0.2) is 30.0 Å². The lowest BCUT2D eigenvalue weighted by atomic mass is 10.2. The van der Waals surface area contributed by atoms with E-state index in [2.05, 4.69) is 10.3 Å². The van der Waals surface area contributed by atoms with E-state index in [1.54, 1.807) is 6.07 Å². The largest absolute Gasteiger partial charge is 0.298 e. The summed E-state index contributed by atoms with van der Waals surface area (Å²) in [5.74, 6) is -0.568. The number of anilines is 1. The third kappa shape index (κ3) is 3.55. The number of hydrogen-bond donors (Lipinski definition) is 1. The van der Waals surface area contributed by atoms with Crippen LogP contribution < -0.4 is 5.32 Å². The van der Waals surface area contributed by atoms with Crippen LogP contribution in [0.25, 0.3) is 10.2 Å². The molecule has 3 aromatic rings. The highest BCUT2D eigenvalue weighted by Gasteiger charge is 2.16. The predicted molar refractivity (Wildman–Crippen MR) is 98.4 cm³/mol. The van der Waals surface area contributed by atoms with Crippen LogP contribution >= 0.6 is 11.3 Å². The number of thiazole rings is 1. The minimum absolute atomic E-state index is 0.0608. The van der Waals surface area contributed by atoms with Gasteiger partial charge in [0.15, 0.2) is 15.0 Å². The van der Waals surface area contributed by atoms with E-state index in [0.29, 0.717) is 10.2 Å². The summed E-state index contributed by atoms with van der Waals surface area (Å²) in [6.45, 7) is 1.53. The second-order valence-electron chi connectivity index (χ2n) is 5.31. The molecule has 1 N–H and O–H groups in total. The highest BCUT2D eigenvalue weighted by atomic mass is 32.2. The SMILES string of the molecule is CCS(=O)(=O)c1cccc(C(=O)Nc2nc3cc([N+](=O)[O-])ccc3s2)c1. The number of aromatic nitrogens is 1. The molecule has 8 nitrogen and oxygen atoms in total. The molecular formula is C16H13N3O5S2. The van der Waals surface area contributed by atoms with E-state index in [1.807, 2.05) is 0 Å². The molecule has 2 aromatic carbocycles. The van der Waals surface area contributed by atoms with Crippen molar-refractivity contribution in [2.75, 3.05) is 11.1 Å². The Morgan fingerprint density at radius 1 is 1.27 bits per heavy atom. The Kier molecular flexibility index (Phi) is 4.70. The third-order valence-electron chi connectivity index (χ3n) is 3.64. The van der Waals surface area contributed by atoms with Gasteiger partial charge in [0.05, 0.1) is 25.8 Å². The van der Waals surface area contributed by atoms with E-state index in [1.165, 1.54) is 54.7 Å². The summed E-state index contributed by atoms with van der Waals surface area (Å²) in [6, 6.07) is 10.0. The average Bonchev–Trinajstić information content (AvgIpc) is 3.03. The fourth-order valence-corrected chi connectivity index (χ4v) is 4.02. The highest BCUT2D eigenvalue weighted by molar-refractivity contribution is 7.91. The maximum atomic E-state index is 12.4. The Bertz CT molecular complexity index is 1120. The van der Waals surface area contributed by atoms with Gasteiger partial charge < -0.3 is 0 Å².